The lowest BCUT2D eigenvalue weighted by molar-refractivity contribution is -0.103. The molecule has 0 fully saturated rings. The smallest absolute Gasteiger partial charge is 0.222 e. The van der Waals surface area contributed by atoms with Crippen molar-refractivity contribution in [3.8, 4) is 23.7 Å². The summed E-state index contributed by atoms with van der Waals surface area (Å²) in [5, 5.41) is 0. The number of carbonyl (C=O) groups is 1. The van der Waals surface area contributed by atoms with E-state index >= 15 is 0 Å². The molecule has 0 saturated carbocycles. The lowest BCUT2D eigenvalue weighted by atomic mass is 10.4. The first-order valence-electron chi connectivity index (χ1n) is 4.69. The number of allylic oxidation sites excluding steroid dienone is 2. The van der Waals surface area contributed by atoms with Crippen LogP contribution in [0.3, 0.4) is 0 Å². The molecular formula is C12H14O3. The van der Waals surface area contributed by atoms with E-state index in [0.29, 0.717) is 19.5 Å². The molecule has 0 unspecified atom stereocenters. The quantitative estimate of drug-likeness (QED) is 0.393. The van der Waals surface area contributed by atoms with E-state index in [1.54, 1.807) is 6.08 Å². The van der Waals surface area contributed by atoms with E-state index in [4.69, 9.17) is 9.47 Å². The maximum absolute atomic E-state index is 9.83. The Kier molecular flexibility index (Phi) is 9.44. The van der Waals surface area contributed by atoms with Gasteiger partial charge >= 0.3 is 0 Å². The topological polar surface area (TPSA) is 35.5 Å². The van der Waals surface area contributed by atoms with Crippen molar-refractivity contribution >= 4 is 6.29 Å². The lowest BCUT2D eigenvalue weighted by Gasteiger charge is -2.09. The molecule has 0 radical (unpaired) electrons. The van der Waals surface area contributed by atoms with Gasteiger partial charge < -0.3 is 9.47 Å². The maximum atomic E-state index is 9.83. The molecular weight excluding hydrogens is 192 g/mol. The lowest BCUT2D eigenvalue weighted by Crippen LogP contribution is -2.14. The Hall–Kier alpha value is -1.55. The molecule has 0 aromatic carbocycles. The largest absolute Gasteiger partial charge is 0.342 e. The third kappa shape index (κ3) is 8.77. The normalized spacial score (nSPS) is 9.27. The number of hydrogen-bond donors (Lipinski definition) is 0. The summed E-state index contributed by atoms with van der Waals surface area (Å²) in [6.45, 7) is 4.85. The minimum atomic E-state index is -0.497. The predicted molar refractivity (Wildman–Crippen MR) is 57.8 cm³/mol. The van der Waals surface area contributed by atoms with E-state index in [1.807, 2.05) is 13.8 Å². The van der Waals surface area contributed by atoms with Crippen LogP contribution in [-0.4, -0.2) is 25.8 Å². The highest BCUT2D eigenvalue weighted by Gasteiger charge is 2.00. The fourth-order valence-corrected chi connectivity index (χ4v) is 0.716. The van der Waals surface area contributed by atoms with Gasteiger partial charge in [0.15, 0.2) is 6.29 Å². The molecule has 0 aromatic rings. The second-order valence-corrected chi connectivity index (χ2v) is 2.27. The van der Waals surface area contributed by atoms with E-state index in [0.717, 1.165) is 0 Å². The number of aldehydes is 1. The summed E-state index contributed by atoms with van der Waals surface area (Å²) in [4.78, 5) is 9.83. The molecule has 0 aliphatic rings. The molecule has 15 heavy (non-hydrogen) atoms. The molecule has 0 spiro atoms. The van der Waals surface area contributed by atoms with Crippen LogP contribution in [0.4, 0.5) is 0 Å². The van der Waals surface area contributed by atoms with Crippen molar-refractivity contribution in [1.29, 1.82) is 0 Å². The summed E-state index contributed by atoms with van der Waals surface area (Å²) in [5.74, 6) is 10.2. The molecule has 0 saturated heterocycles. The highest BCUT2D eigenvalue weighted by Crippen LogP contribution is 1.92. The summed E-state index contributed by atoms with van der Waals surface area (Å²) in [5.41, 5.74) is 0. The molecule has 0 heterocycles. The first kappa shape index (κ1) is 13.4. The fraction of sp³-hybridized carbons (Fsp3) is 0.417. The Morgan fingerprint density at radius 2 is 1.67 bits per heavy atom. The van der Waals surface area contributed by atoms with E-state index in [1.165, 1.54) is 6.08 Å². The average Bonchev–Trinajstić information content (AvgIpc) is 2.24. The predicted octanol–water partition coefficient (Wildman–Crippen LogP) is 1.15. The van der Waals surface area contributed by atoms with E-state index in [2.05, 4.69) is 23.7 Å². The van der Waals surface area contributed by atoms with E-state index in [-0.39, 0.29) is 0 Å². The molecule has 0 rings (SSSR count). The third-order valence-corrected chi connectivity index (χ3v) is 1.23. The Morgan fingerprint density at radius 1 is 1.07 bits per heavy atom. The molecule has 3 nitrogen and oxygen atoms in total. The average molecular weight is 206 g/mol. The summed E-state index contributed by atoms with van der Waals surface area (Å²) in [6.07, 6.45) is 3.07. The van der Waals surface area contributed by atoms with Crippen molar-refractivity contribution in [1.82, 2.24) is 0 Å². The number of rotatable bonds is 4. The molecule has 80 valence electrons. The number of ether oxygens (including phenoxy) is 2. The van der Waals surface area contributed by atoms with Crippen molar-refractivity contribution in [3.63, 3.8) is 0 Å². The first-order chi connectivity index (χ1) is 7.35. The molecule has 0 atom stereocenters. The molecule has 0 N–H and O–H groups in total. The molecule has 0 aliphatic carbocycles. The Labute approximate surface area is 90.5 Å². The summed E-state index contributed by atoms with van der Waals surface area (Å²) in [7, 11) is 0. The van der Waals surface area contributed by atoms with Gasteiger partial charge in [-0.25, -0.2) is 0 Å². The van der Waals surface area contributed by atoms with Crippen molar-refractivity contribution in [2.75, 3.05) is 13.2 Å². The molecule has 0 aliphatic heterocycles. The zero-order valence-corrected chi connectivity index (χ0v) is 8.95. The van der Waals surface area contributed by atoms with Gasteiger partial charge in [-0.05, 0) is 37.8 Å². The summed E-state index contributed by atoms with van der Waals surface area (Å²) in [6, 6.07) is 0. The van der Waals surface area contributed by atoms with Crippen molar-refractivity contribution in [2.45, 2.75) is 20.1 Å². The van der Waals surface area contributed by atoms with Crippen LogP contribution in [0.2, 0.25) is 0 Å². The standard InChI is InChI=1S/C12H14O3/c1-3-14-12(15-4-2)10-8-6-5-7-9-11-13/h5-6,11-12H,3-4H2,1-2H3/b6-5+. The van der Waals surface area contributed by atoms with Crippen LogP contribution in [-0.2, 0) is 14.3 Å². The highest BCUT2D eigenvalue weighted by molar-refractivity contribution is 5.73. The van der Waals surface area contributed by atoms with Crippen LogP contribution in [0.5, 0.6) is 0 Å². The van der Waals surface area contributed by atoms with Gasteiger partial charge in [-0.1, -0.05) is 11.8 Å². The van der Waals surface area contributed by atoms with E-state index in [9.17, 15) is 4.79 Å². The first-order valence-corrected chi connectivity index (χ1v) is 4.69. The van der Waals surface area contributed by atoms with Gasteiger partial charge in [0.25, 0.3) is 0 Å². The summed E-state index contributed by atoms with van der Waals surface area (Å²) >= 11 is 0. The molecule has 3 heteroatoms. The van der Waals surface area contributed by atoms with Crippen LogP contribution in [0.15, 0.2) is 12.2 Å². The second kappa shape index (κ2) is 10.5. The van der Waals surface area contributed by atoms with Crippen LogP contribution < -0.4 is 0 Å². The zero-order chi connectivity index (χ0) is 11.4. The van der Waals surface area contributed by atoms with Gasteiger partial charge in [0.1, 0.15) is 0 Å². The molecule has 0 amide bonds. The van der Waals surface area contributed by atoms with Gasteiger partial charge in [-0.15, -0.1) is 0 Å². The van der Waals surface area contributed by atoms with Crippen LogP contribution in [0, 0.1) is 23.7 Å². The molecule has 0 bridgehead atoms. The SMILES string of the molecule is CCOC(C#C/C=C/C#CC=O)OCC. The van der Waals surface area contributed by atoms with E-state index < -0.39 is 6.29 Å². The van der Waals surface area contributed by atoms with Crippen molar-refractivity contribution in [2.24, 2.45) is 0 Å². The van der Waals surface area contributed by atoms with Gasteiger partial charge in [0.2, 0.25) is 6.29 Å². The number of hydrogen-bond acceptors (Lipinski definition) is 3. The van der Waals surface area contributed by atoms with Gasteiger partial charge in [-0.3, -0.25) is 4.79 Å². The minimum absolute atomic E-state index is 0.497. The summed E-state index contributed by atoms with van der Waals surface area (Å²) < 4.78 is 10.4. The van der Waals surface area contributed by atoms with Gasteiger partial charge in [0.05, 0.1) is 0 Å². The van der Waals surface area contributed by atoms with Gasteiger partial charge in [0, 0.05) is 13.2 Å². The minimum Gasteiger partial charge on any atom is -0.342 e. The van der Waals surface area contributed by atoms with Gasteiger partial charge in [-0.2, -0.15) is 0 Å². The van der Waals surface area contributed by atoms with Crippen LogP contribution in [0.25, 0.3) is 0 Å². The highest BCUT2D eigenvalue weighted by atomic mass is 16.7. The third-order valence-electron chi connectivity index (χ3n) is 1.23. The van der Waals surface area contributed by atoms with Crippen LogP contribution in [0.1, 0.15) is 13.8 Å². The Bertz CT molecular complexity index is 303. The maximum Gasteiger partial charge on any atom is 0.222 e. The van der Waals surface area contributed by atoms with Crippen LogP contribution >= 0.6 is 0 Å². The van der Waals surface area contributed by atoms with Crippen molar-refractivity contribution in [3.05, 3.63) is 12.2 Å². The van der Waals surface area contributed by atoms with Crippen molar-refractivity contribution < 1.29 is 14.3 Å². The fourth-order valence-electron chi connectivity index (χ4n) is 0.716. The Morgan fingerprint density at radius 3 is 2.20 bits per heavy atom. The molecule has 0 aromatic heterocycles. The second-order valence-electron chi connectivity index (χ2n) is 2.27. The monoisotopic (exact) mass is 206 g/mol. The number of carbonyl (C=O) groups excluding carboxylic acids is 1. The Balaban J connectivity index is 4.08. The zero-order valence-electron chi connectivity index (χ0n) is 8.95.